The Morgan fingerprint density at radius 2 is 1.80 bits per heavy atom. The molecule has 0 amide bonds. The second-order valence-corrected chi connectivity index (χ2v) is 7.36. The largest absolute Gasteiger partial charge is 0.392 e. The molecule has 0 aromatic heterocycles. The van der Waals surface area contributed by atoms with Crippen LogP contribution in [0.1, 0.15) is 44.6 Å². The van der Waals surface area contributed by atoms with Crippen molar-refractivity contribution in [2.75, 3.05) is 0 Å². The lowest BCUT2D eigenvalue weighted by Gasteiger charge is -2.22. The van der Waals surface area contributed by atoms with Crippen molar-refractivity contribution in [3.05, 3.63) is 29.8 Å². The maximum atomic E-state index is 12.4. The molecule has 1 aliphatic rings. The van der Waals surface area contributed by atoms with Crippen LogP contribution in [0.4, 0.5) is 0 Å². The van der Waals surface area contributed by atoms with Gasteiger partial charge in [-0.2, -0.15) is 0 Å². The van der Waals surface area contributed by atoms with Gasteiger partial charge in [0.05, 0.1) is 11.5 Å². The van der Waals surface area contributed by atoms with E-state index in [1.807, 2.05) is 0 Å². The summed E-state index contributed by atoms with van der Waals surface area (Å²) in [7, 11) is -3.47. The highest BCUT2D eigenvalue weighted by atomic mass is 32.2. The molecule has 4 nitrogen and oxygen atoms in total. The molecule has 2 rings (SSSR count). The van der Waals surface area contributed by atoms with Crippen molar-refractivity contribution >= 4 is 10.0 Å². The van der Waals surface area contributed by atoms with E-state index >= 15 is 0 Å². The lowest BCUT2D eigenvalue weighted by Crippen LogP contribution is -2.38. The summed E-state index contributed by atoms with van der Waals surface area (Å²) in [6.45, 7) is 2.04. The van der Waals surface area contributed by atoms with Crippen LogP contribution in [0.2, 0.25) is 0 Å². The fraction of sp³-hybridized carbons (Fsp3) is 0.600. The fourth-order valence-corrected chi connectivity index (χ4v) is 4.09. The molecule has 0 aliphatic heterocycles. The number of benzene rings is 1. The number of aliphatic hydroxyl groups excluding tert-OH is 1. The summed E-state index contributed by atoms with van der Waals surface area (Å²) < 4.78 is 27.6. The Morgan fingerprint density at radius 3 is 2.45 bits per heavy atom. The van der Waals surface area contributed by atoms with Gasteiger partial charge < -0.3 is 5.11 Å². The molecular weight excluding hydrogens is 274 g/mol. The van der Waals surface area contributed by atoms with Gasteiger partial charge in [0.1, 0.15) is 0 Å². The monoisotopic (exact) mass is 297 g/mol. The maximum absolute atomic E-state index is 12.4. The molecule has 2 atom stereocenters. The van der Waals surface area contributed by atoms with E-state index in [4.69, 9.17) is 5.11 Å². The van der Waals surface area contributed by atoms with Gasteiger partial charge in [-0.1, -0.05) is 38.3 Å². The number of rotatable bonds is 4. The molecule has 0 radical (unpaired) electrons. The first-order valence-electron chi connectivity index (χ1n) is 7.25. The molecule has 2 N–H and O–H groups in total. The van der Waals surface area contributed by atoms with Crippen molar-refractivity contribution < 1.29 is 13.5 Å². The predicted molar refractivity (Wildman–Crippen MR) is 78.7 cm³/mol. The average molecular weight is 297 g/mol. The molecule has 2 unspecified atom stereocenters. The van der Waals surface area contributed by atoms with Crippen LogP contribution >= 0.6 is 0 Å². The van der Waals surface area contributed by atoms with Crippen molar-refractivity contribution in [2.24, 2.45) is 5.92 Å². The quantitative estimate of drug-likeness (QED) is 0.839. The Hall–Kier alpha value is -0.910. The Morgan fingerprint density at radius 1 is 1.15 bits per heavy atom. The highest BCUT2D eigenvalue weighted by Gasteiger charge is 2.25. The zero-order valence-electron chi connectivity index (χ0n) is 11.9. The summed E-state index contributed by atoms with van der Waals surface area (Å²) in [6, 6.07) is 6.42. The molecule has 5 heteroatoms. The van der Waals surface area contributed by atoms with Gasteiger partial charge in [-0.15, -0.1) is 0 Å². The molecule has 1 fully saturated rings. The van der Waals surface area contributed by atoms with Crippen LogP contribution in [0, 0.1) is 5.92 Å². The molecule has 1 saturated carbocycles. The van der Waals surface area contributed by atoms with Crippen LogP contribution < -0.4 is 4.72 Å². The third-order valence-corrected chi connectivity index (χ3v) is 5.59. The lowest BCUT2D eigenvalue weighted by molar-refractivity contribution is 0.282. The summed E-state index contributed by atoms with van der Waals surface area (Å²) in [6.07, 6.45) is 5.45. The van der Waals surface area contributed by atoms with Crippen LogP contribution in [0.15, 0.2) is 29.2 Å². The lowest BCUT2D eigenvalue weighted by atomic mass is 9.98. The standard InChI is InChI=1S/C15H23NO3S/c1-12-5-3-2-4-6-15(12)16-20(18,19)14-9-7-13(11-17)8-10-14/h7-10,12,15-17H,2-6,11H2,1H3. The second-order valence-electron chi connectivity index (χ2n) is 5.65. The molecule has 1 aromatic carbocycles. The van der Waals surface area contributed by atoms with E-state index in [-0.39, 0.29) is 17.5 Å². The third-order valence-electron chi connectivity index (χ3n) is 4.08. The average Bonchev–Trinajstić information content (AvgIpc) is 2.64. The Balaban J connectivity index is 2.12. The van der Waals surface area contributed by atoms with Crippen LogP contribution in [0.25, 0.3) is 0 Å². The van der Waals surface area contributed by atoms with E-state index in [2.05, 4.69) is 11.6 Å². The van der Waals surface area contributed by atoms with Crippen LogP contribution in [0.5, 0.6) is 0 Å². The molecule has 20 heavy (non-hydrogen) atoms. The summed E-state index contributed by atoms with van der Waals surface area (Å²) in [5, 5.41) is 8.99. The van der Waals surface area contributed by atoms with Crippen LogP contribution in [-0.4, -0.2) is 19.6 Å². The molecular formula is C15H23NO3S. The van der Waals surface area contributed by atoms with E-state index in [0.717, 1.165) is 19.3 Å². The van der Waals surface area contributed by atoms with Gasteiger partial charge in [-0.3, -0.25) is 0 Å². The topological polar surface area (TPSA) is 66.4 Å². The summed E-state index contributed by atoms with van der Waals surface area (Å²) >= 11 is 0. The van der Waals surface area contributed by atoms with Crippen LogP contribution in [-0.2, 0) is 16.6 Å². The van der Waals surface area contributed by atoms with Gasteiger partial charge in [0.15, 0.2) is 0 Å². The highest BCUT2D eigenvalue weighted by Crippen LogP contribution is 2.24. The third kappa shape index (κ3) is 3.81. The second kappa shape index (κ2) is 6.70. The summed E-state index contributed by atoms with van der Waals surface area (Å²) in [5.74, 6) is 0.379. The van der Waals surface area contributed by atoms with Gasteiger partial charge in [-0.25, -0.2) is 13.1 Å². The van der Waals surface area contributed by atoms with Crippen molar-refractivity contribution in [2.45, 2.75) is 56.6 Å². The van der Waals surface area contributed by atoms with E-state index in [9.17, 15) is 8.42 Å². The first kappa shape index (κ1) is 15.5. The minimum atomic E-state index is -3.47. The smallest absolute Gasteiger partial charge is 0.240 e. The molecule has 0 heterocycles. The first-order chi connectivity index (χ1) is 9.53. The Labute approximate surface area is 121 Å². The van der Waals surface area contributed by atoms with Crippen molar-refractivity contribution in [3.63, 3.8) is 0 Å². The maximum Gasteiger partial charge on any atom is 0.240 e. The van der Waals surface area contributed by atoms with Gasteiger partial charge in [-0.05, 0) is 36.5 Å². The minimum Gasteiger partial charge on any atom is -0.392 e. The van der Waals surface area contributed by atoms with Crippen molar-refractivity contribution in [3.8, 4) is 0 Å². The first-order valence-corrected chi connectivity index (χ1v) is 8.73. The number of nitrogens with one attached hydrogen (secondary N) is 1. The van der Waals surface area contributed by atoms with E-state index < -0.39 is 10.0 Å². The zero-order valence-corrected chi connectivity index (χ0v) is 12.7. The molecule has 112 valence electrons. The SMILES string of the molecule is CC1CCCCCC1NS(=O)(=O)c1ccc(CO)cc1. The fourth-order valence-electron chi connectivity index (χ4n) is 2.71. The van der Waals surface area contributed by atoms with Gasteiger partial charge in [0.25, 0.3) is 0 Å². The van der Waals surface area contributed by atoms with E-state index in [1.54, 1.807) is 24.3 Å². The van der Waals surface area contributed by atoms with E-state index in [0.29, 0.717) is 11.5 Å². The Bertz CT molecular complexity index is 525. The Kier molecular flexibility index (Phi) is 5.18. The number of sulfonamides is 1. The summed E-state index contributed by atoms with van der Waals surface area (Å²) in [5.41, 5.74) is 0.715. The zero-order chi connectivity index (χ0) is 14.6. The minimum absolute atomic E-state index is 0.0278. The predicted octanol–water partition coefficient (Wildman–Crippen LogP) is 2.43. The molecule has 0 spiro atoms. The number of hydrogen-bond donors (Lipinski definition) is 2. The van der Waals surface area contributed by atoms with Gasteiger partial charge in [0, 0.05) is 6.04 Å². The highest BCUT2D eigenvalue weighted by molar-refractivity contribution is 7.89. The molecule has 1 aliphatic carbocycles. The molecule has 0 bridgehead atoms. The van der Waals surface area contributed by atoms with Crippen LogP contribution in [0.3, 0.4) is 0 Å². The molecule has 0 saturated heterocycles. The number of hydrogen-bond acceptors (Lipinski definition) is 3. The molecule has 1 aromatic rings. The van der Waals surface area contributed by atoms with Gasteiger partial charge >= 0.3 is 0 Å². The van der Waals surface area contributed by atoms with E-state index in [1.165, 1.54) is 12.8 Å². The normalized spacial score (nSPS) is 24.3. The van der Waals surface area contributed by atoms with Gasteiger partial charge in [0.2, 0.25) is 10.0 Å². The number of aliphatic hydroxyl groups is 1. The summed E-state index contributed by atoms with van der Waals surface area (Å²) in [4.78, 5) is 0.270. The van der Waals surface area contributed by atoms with Crippen molar-refractivity contribution in [1.82, 2.24) is 4.72 Å². The van der Waals surface area contributed by atoms with Crippen molar-refractivity contribution in [1.29, 1.82) is 0 Å².